The summed E-state index contributed by atoms with van der Waals surface area (Å²) in [6.07, 6.45) is 16.4. The summed E-state index contributed by atoms with van der Waals surface area (Å²) in [5.41, 5.74) is 4.56. The van der Waals surface area contributed by atoms with E-state index in [1.54, 1.807) is 11.6 Å². The first-order valence-electron chi connectivity index (χ1n) is 11.0. The van der Waals surface area contributed by atoms with Crippen LogP contribution in [0.1, 0.15) is 81.8 Å². The molecule has 0 aliphatic heterocycles. The van der Waals surface area contributed by atoms with Crippen LogP contribution in [-0.4, -0.2) is 0 Å². The predicted octanol–water partition coefficient (Wildman–Crippen LogP) is 7.36. The molecule has 0 aromatic heterocycles. The molecule has 1 nitrogen and oxygen atoms in total. The number of rotatable bonds is 6. The summed E-state index contributed by atoms with van der Waals surface area (Å²) in [4.78, 5) is 0. The number of nitrogens with zero attached hydrogens (tertiary/aromatic N) is 1. The molecule has 3 rings (SSSR count). The first kappa shape index (κ1) is 19.9. The van der Waals surface area contributed by atoms with E-state index in [1.165, 1.54) is 75.3 Å². The summed E-state index contributed by atoms with van der Waals surface area (Å²) in [6.45, 7) is 6.80. The molecule has 2 aliphatic carbocycles. The normalized spacial score (nSPS) is 28.7. The van der Waals surface area contributed by atoms with Gasteiger partial charge in [-0.1, -0.05) is 55.8 Å². The van der Waals surface area contributed by atoms with Crippen LogP contribution in [0.2, 0.25) is 0 Å². The largest absolute Gasteiger partial charge is 0.193 e. The molecule has 1 heteroatoms. The molecule has 1 aromatic rings. The van der Waals surface area contributed by atoms with Gasteiger partial charge in [-0.2, -0.15) is 5.26 Å². The van der Waals surface area contributed by atoms with E-state index in [4.69, 9.17) is 5.26 Å². The van der Waals surface area contributed by atoms with Crippen LogP contribution in [0.3, 0.4) is 0 Å². The molecule has 2 aliphatic rings. The Morgan fingerprint density at radius 1 is 1.00 bits per heavy atom. The van der Waals surface area contributed by atoms with Crippen LogP contribution in [0.25, 0.3) is 0 Å². The van der Waals surface area contributed by atoms with Gasteiger partial charge in [-0.05, 0) is 92.6 Å². The van der Waals surface area contributed by atoms with Gasteiger partial charge >= 0.3 is 0 Å². The summed E-state index contributed by atoms with van der Waals surface area (Å²) < 4.78 is 0. The minimum atomic E-state index is 0.611. The number of hydrogen-bond acceptors (Lipinski definition) is 1. The zero-order chi connectivity index (χ0) is 19.1. The van der Waals surface area contributed by atoms with Crippen LogP contribution in [0.5, 0.6) is 0 Å². The number of nitriles is 1. The van der Waals surface area contributed by atoms with Gasteiger partial charge in [-0.3, -0.25) is 0 Å². The second-order valence-electron chi connectivity index (χ2n) is 8.71. The van der Waals surface area contributed by atoms with Gasteiger partial charge in [0.25, 0.3) is 0 Å². The summed E-state index contributed by atoms with van der Waals surface area (Å²) in [6, 6.07) is 11.6. The molecular weight excluding hydrogens is 326 g/mol. The van der Waals surface area contributed by atoms with Crippen molar-refractivity contribution in [3.8, 4) is 6.07 Å². The Morgan fingerprint density at radius 2 is 1.59 bits per heavy atom. The zero-order valence-corrected chi connectivity index (χ0v) is 17.0. The van der Waals surface area contributed by atoms with Gasteiger partial charge in [-0.15, -0.1) is 0 Å². The lowest BCUT2D eigenvalue weighted by Gasteiger charge is -2.36. The van der Waals surface area contributed by atoms with Crippen LogP contribution in [0.15, 0.2) is 48.6 Å². The van der Waals surface area contributed by atoms with E-state index in [-0.39, 0.29) is 0 Å². The summed E-state index contributed by atoms with van der Waals surface area (Å²) in [5.74, 6) is 2.81. The second kappa shape index (κ2) is 9.93. The van der Waals surface area contributed by atoms with Crippen molar-refractivity contribution in [3.63, 3.8) is 0 Å². The minimum Gasteiger partial charge on any atom is -0.193 e. The van der Waals surface area contributed by atoms with Crippen molar-refractivity contribution in [2.45, 2.75) is 77.0 Å². The molecule has 2 saturated carbocycles. The van der Waals surface area contributed by atoms with Crippen molar-refractivity contribution in [1.82, 2.24) is 0 Å². The highest BCUT2D eigenvalue weighted by Gasteiger charge is 2.29. The zero-order valence-electron chi connectivity index (χ0n) is 17.0. The molecule has 0 radical (unpaired) electrons. The van der Waals surface area contributed by atoms with E-state index in [0.717, 1.165) is 11.8 Å². The predicted molar refractivity (Wildman–Crippen MR) is 114 cm³/mol. The molecule has 0 unspecified atom stereocenters. The smallest absolute Gasteiger partial charge is 0.0908 e. The standard InChI is InChI=1S/C26H35N/c1-3-5-21-9-13-25(14-10-21)26-17-15-24(16-18-26)20(2)23-11-7-22(8-12-23)6-4-19-27/h4,6,9-10,13-14,22-24,26H,2-3,5,7-8,11-12,15-18H2,1H3. The van der Waals surface area contributed by atoms with Crippen molar-refractivity contribution in [1.29, 1.82) is 5.26 Å². The van der Waals surface area contributed by atoms with Gasteiger partial charge in [0, 0.05) is 6.08 Å². The molecule has 144 valence electrons. The number of aryl methyl sites for hydroxylation is 1. The third kappa shape index (κ3) is 5.35. The van der Waals surface area contributed by atoms with Gasteiger partial charge in [-0.25, -0.2) is 0 Å². The highest BCUT2D eigenvalue weighted by atomic mass is 14.3. The lowest BCUT2D eigenvalue weighted by atomic mass is 9.70. The van der Waals surface area contributed by atoms with Gasteiger partial charge in [0.1, 0.15) is 0 Å². The molecule has 0 N–H and O–H groups in total. The lowest BCUT2D eigenvalue weighted by molar-refractivity contribution is 0.290. The average molecular weight is 362 g/mol. The molecule has 1 aromatic carbocycles. The first-order chi connectivity index (χ1) is 13.2. The van der Waals surface area contributed by atoms with Crippen molar-refractivity contribution in [3.05, 3.63) is 59.7 Å². The lowest BCUT2D eigenvalue weighted by Crippen LogP contribution is -2.22. The molecule has 0 amide bonds. The molecule has 0 atom stereocenters. The van der Waals surface area contributed by atoms with E-state index in [0.29, 0.717) is 11.8 Å². The van der Waals surface area contributed by atoms with Crippen molar-refractivity contribution >= 4 is 0 Å². The van der Waals surface area contributed by atoms with Crippen LogP contribution in [0, 0.1) is 29.1 Å². The third-order valence-corrected chi connectivity index (χ3v) is 6.98. The summed E-state index contributed by atoms with van der Waals surface area (Å²) in [5, 5.41) is 8.70. The Bertz CT molecular complexity index is 659. The second-order valence-corrected chi connectivity index (χ2v) is 8.71. The average Bonchev–Trinajstić information content (AvgIpc) is 2.73. The fourth-order valence-electron chi connectivity index (χ4n) is 5.24. The van der Waals surface area contributed by atoms with Crippen molar-refractivity contribution in [2.75, 3.05) is 0 Å². The molecule has 0 heterocycles. The van der Waals surface area contributed by atoms with Gasteiger partial charge in [0.2, 0.25) is 0 Å². The van der Waals surface area contributed by atoms with Gasteiger partial charge < -0.3 is 0 Å². The maximum Gasteiger partial charge on any atom is 0.0908 e. The van der Waals surface area contributed by atoms with Crippen LogP contribution in [0.4, 0.5) is 0 Å². The first-order valence-corrected chi connectivity index (χ1v) is 11.0. The summed E-state index contributed by atoms with van der Waals surface area (Å²) in [7, 11) is 0. The minimum absolute atomic E-state index is 0.611. The van der Waals surface area contributed by atoms with Crippen LogP contribution in [-0.2, 0) is 6.42 Å². The van der Waals surface area contributed by atoms with Crippen LogP contribution < -0.4 is 0 Å². The van der Waals surface area contributed by atoms with Crippen molar-refractivity contribution < 1.29 is 0 Å². The van der Waals surface area contributed by atoms with Gasteiger partial charge in [0.05, 0.1) is 6.07 Å². The molecular formula is C26H35N. The highest BCUT2D eigenvalue weighted by molar-refractivity contribution is 5.26. The SMILES string of the molecule is C=C(C1CCC(C=CC#N)CC1)C1CCC(c2ccc(CCC)cc2)CC1. The Kier molecular flexibility index (Phi) is 7.33. The third-order valence-electron chi connectivity index (χ3n) is 6.98. The maximum atomic E-state index is 8.70. The van der Waals surface area contributed by atoms with Gasteiger partial charge in [0.15, 0.2) is 0 Å². The Morgan fingerprint density at radius 3 is 2.15 bits per heavy atom. The number of benzene rings is 1. The van der Waals surface area contributed by atoms with Crippen LogP contribution >= 0.6 is 0 Å². The fraction of sp³-hybridized carbons (Fsp3) is 0.577. The topological polar surface area (TPSA) is 23.8 Å². The summed E-state index contributed by atoms with van der Waals surface area (Å²) >= 11 is 0. The van der Waals surface area contributed by atoms with E-state index >= 15 is 0 Å². The van der Waals surface area contributed by atoms with Crippen molar-refractivity contribution in [2.24, 2.45) is 17.8 Å². The molecule has 27 heavy (non-hydrogen) atoms. The molecule has 0 saturated heterocycles. The Balaban J connectivity index is 1.47. The number of hydrogen-bond donors (Lipinski definition) is 0. The maximum absolute atomic E-state index is 8.70. The monoisotopic (exact) mass is 361 g/mol. The van der Waals surface area contributed by atoms with E-state index in [9.17, 15) is 0 Å². The molecule has 2 fully saturated rings. The van der Waals surface area contributed by atoms with E-state index in [2.05, 4.69) is 49.9 Å². The Hall–Kier alpha value is -1.81. The number of allylic oxidation sites excluding steroid dienone is 3. The van der Waals surface area contributed by atoms with E-state index < -0.39 is 0 Å². The Labute approximate surface area is 166 Å². The highest BCUT2D eigenvalue weighted by Crippen LogP contribution is 2.43. The quantitative estimate of drug-likeness (QED) is 0.383. The molecule has 0 spiro atoms. The molecule has 0 bridgehead atoms. The fourth-order valence-corrected chi connectivity index (χ4v) is 5.24. The van der Waals surface area contributed by atoms with E-state index in [1.807, 2.05) is 0 Å².